The number of nitrogens with one attached hydrogen (secondary N) is 1. The molecule has 0 atom stereocenters. The Balaban J connectivity index is 1.80. The molecule has 0 saturated heterocycles. The number of thioether (sulfide) groups is 1. The number of rotatable bonds is 6. The normalized spacial score (nSPS) is 11.9. The maximum absolute atomic E-state index is 12.5. The van der Waals surface area contributed by atoms with E-state index in [0.29, 0.717) is 0 Å². The summed E-state index contributed by atoms with van der Waals surface area (Å²) in [6, 6.07) is 12.9. The van der Waals surface area contributed by atoms with E-state index >= 15 is 0 Å². The molecule has 126 valence electrons. The molecule has 0 fully saturated rings. The Kier molecular flexibility index (Phi) is 5.24. The van der Waals surface area contributed by atoms with Crippen LogP contribution in [0.5, 0.6) is 0 Å². The van der Waals surface area contributed by atoms with E-state index in [1.807, 2.05) is 31.2 Å². The van der Waals surface area contributed by atoms with Crippen molar-refractivity contribution in [2.75, 3.05) is 5.75 Å². The predicted molar refractivity (Wildman–Crippen MR) is 101 cm³/mol. The highest BCUT2D eigenvalue weighted by Crippen LogP contribution is 2.30. The molecule has 0 spiro atoms. The lowest BCUT2D eigenvalue weighted by molar-refractivity contribution is 0.581. The molecule has 0 radical (unpaired) electrons. The average molecular weight is 379 g/mol. The van der Waals surface area contributed by atoms with Gasteiger partial charge in [-0.05, 0) is 36.4 Å². The van der Waals surface area contributed by atoms with Gasteiger partial charge >= 0.3 is 0 Å². The van der Waals surface area contributed by atoms with Crippen LogP contribution >= 0.6 is 23.1 Å². The molecule has 0 aliphatic heterocycles. The molecule has 3 aromatic rings. The summed E-state index contributed by atoms with van der Waals surface area (Å²) >= 11 is 3.19. The second-order valence-electron chi connectivity index (χ2n) is 5.35. The fourth-order valence-corrected chi connectivity index (χ4v) is 5.33. The molecule has 0 saturated carbocycles. The van der Waals surface area contributed by atoms with E-state index in [2.05, 4.69) is 16.6 Å². The number of sulfonamides is 1. The zero-order valence-electron chi connectivity index (χ0n) is 13.4. The summed E-state index contributed by atoms with van der Waals surface area (Å²) in [7, 11) is -3.54. The molecular weight excluding hydrogens is 360 g/mol. The van der Waals surface area contributed by atoms with E-state index in [-0.39, 0.29) is 11.4 Å². The van der Waals surface area contributed by atoms with Crippen molar-refractivity contribution in [3.05, 3.63) is 53.6 Å². The van der Waals surface area contributed by atoms with Crippen LogP contribution < -0.4 is 4.72 Å². The number of hydrogen-bond acceptors (Lipinski definition) is 5. The minimum Gasteiger partial charge on any atom is -0.230 e. The predicted octanol–water partition coefficient (Wildman–Crippen LogP) is 4.20. The monoisotopic (exact) mass is 378 g/mol. The summed E-state index contributed by atoms with van der Waals surface area (Å²) in [5.41, 5.74) is 2.93. The van der Waals surface area contributed by atoms with Crippen molar-refractivity contribution in [3.63, 3.8) is 0 Å². The van der Waals surface area contributed by atoms with Crippen molar-refractivity contribution in [1.29, 1.82) is 0 Å². The van der Waals surface area contributed by atoms with Crippen LogP contribution in [0.3, 0.4) is 0 Å². The molecule has 24 heavy (non-hydrogen) atoms. The Hall–Kier alpha value is -1.41. The molecule has 0 amide bonds. The van der Waals surface area contributed by atoms with Gasteiger partial charge in [0.2, 0.25) is 10.0 Å². The van der Waals surface area contributed by atoms with Gasteiger partial charge in [0.25, 0.3) is 0 Å². The Morgan fingerprint density at radius 1 is 1.17 bits per heavy atom. The molecule has 2 aromatic carbocycles. The fourth-order valence-electron chi connectivity index (χ4n) is 2.20. The average Bonchev–Trinajstić information content (AvgIpc) is 2.96. The lowest BCUT2D eigenvalue weighted by Crippen LogP contribution is -2.23. The van der Waals surface area contributed by atoms with Crippen molar-refractivity contribution in [3.8, 4) is 0 Å². The zero-order valence-corrected chi connectivity index (χ0v) is 15.9. The Morgan fingerprint density at radius 2 is 1.92 bits per heavy atom. The summed E-state index contributed by atoms with van der Waals surface area (Å²) in [5.74, 6) is 0.948. The summed E-state index contributed by atoms with van der Waals surface area (Å²) in [4.78, 5) is 4.77. The maximum Gasteiger partial charge on any atom is 0.240 e. The number of nitrogens with zero attached hydrogens (tertiary/aromatic N) is 1. The Morgan fingerprint density at radius 3 is 2.62 bits per heavy atom. The maximum atomic E-state index is 12.5. The van der Waals surface area contributed by atoms with Gasteiger partial charge in [0.05, 0.1) is 15.1 Å². The first-order chi connectivity index (χ1) is 11.5. The van der Waals surface area contributed by atoms with Crippen molar-refractivity contribution in [2.24, 2.45) is 0 Å². The van der Waals surface area contributed by atoms with Crippen LogP contribution in [0.25, 0.3) is 10.2 Å². The quantitative estimate of drug-likeness (QED) is 0.653. The highest BCUT2D eigenvalue weighted by Gasteiger charge is 2.15. The number of benzene rings is 2. The van der Waals surface area contributed by atoms with Crippen molar-refractivity contribution in [1.82, 2.24) is 9.71 Å². The lowest BCUT2D eigenvalue weighted by Gasteiger charge is -2.07. The van der Waals surface area contributed by atoms with E-state index in [0.717, 1.165) is 31.4 Å². The minimum atomic E-state index is -3.54. The van der Waals surface area contributed by atoms with Gasteiger partial charge in [-0.1, -0.05) is 48.5 Å². The molecule has 7 heteroatoms. The van der Waals surface area contributed by atoms with E-state index in [1.54, 1.807) is 30.0 Å². The summed E-state index contributed by atoms with van der Waals surface area (Å²) in [6.07, 6.45) is 0. The van der Waals surface area contributed by atoms with Gasteiger partial charge in [0.15, 0.2) is 4.34 Å². The molecular formula is C17H18N2O2S3. The Bertz CT molecular complexity index is 948. The molecule has 0 bridgehead atoms. The molecule has 1 N–H and O–H groups in total. The number of fused-ring (bicyclic) bond motifs is 1. The molecule has 1 aromatic heterocycles. The van der Waals surface area contributed by atoms with Gasteiger partial charge in [0.1, 0.15) is 0 Å². The lowest BCUT2D eigenvalue weighted by atomic mass is 10.2. The van der Waals surface area contributed by atoms with Gasteiger partial charge in [-0.3, -0.25) is 0 Å². The van der Waals surface area contributed by atoms with E-state index in [4.69, 9.17) is 0 Å². The fraction of sp³-hybridized carbons (Fsp3) is 0.235. The second-order valence-corrected chi connectivity index (χ2v) is 9.66. The van der Waals surface area contributed by atoms with Gasteiger partial charge in [0, 0.05) is 6.54 Å². The third-order valence-corrected chi connectivity index (χ3v) is 6.95. The van der Waals surface area contributed by atoms with Crippen LogP contribution in [0.1, 0.15) is 18.1 Å². The molecule has 0 aliphatic carbocycles. The largest absolute Gasteiger partial charge is 0.240 e. The van der Waals surface area contributed by atoms with Crippen molar-refractivity contribution < 1.29 is 8.42 Å². The molecule has 3 rings (SSSR count). The third kappa shape index (κ3) is 3.97. The summed E-state index contributed by atoms with van der Waals surface area (Å²) in [6.45, 7) is 4.35. The van der Waals surface area contributed by atoms with Gasteiger partial charge in [-0.15, -0.1) is 11.3 Å². The van der Waals surface area contributed by atoms with Gasteiger partial charge in [-0.2, -0.15) is 0 Å². The van der Waals surface area contributed by atoms with E-state index < -0.39 is 10.0 Å². The number of aromatic nitrogens is 1. The van der Waals surface area contributed by atoms with Crippen molar-refractivity contribution in [2.45, 2.75) is 29.6 Å². The summed E-state index contributed by atoms with van der Waals surface area (Å²) in [5, 5.41) is 0. The molecule has 4 nitrogen and oxygen atoms in total. The van der Waals surface area contributed by atoms with Crippen LogP contribution in [0.15, 0.2) is 51.7 Å². The second kappa shape index (κ2) is 7.23. The summed E-state index contributed by atoms with van der Waals surface area (Å²) < 4.78 is 29.6. The third-order valence-electron chi connectivity index (χ3n) is 3.51. The highest BCUT2D eigenvalue weighted by molar-refractivity contribution is 8.01. The minimum absolute atomic E-state index is 0.277. The SMILES string of the molecule is CCSc1nc2ccc(S(=O)(=O)NCc3ccc(C)cc3)cc2s1. The Labute approximate surface area is 150 Å². The highest BCUT2D eigenvalue weighted by atomic mass is 32.2. The molecule has 0 unspecified atom stereocenters. The molecule has 0 aliphatic rings. The van der Waals surface area contributed by atoms with Crippen LogP contribution in [-0.2, 0) is 16.6 Å². The van der Waals surface area contributed by atoms with Crippen LogP contribution in [0.4, 0.5) is 0 Å². The topological polar surface area (TPSA) is 59.1 Å². The van der Waals surface area contributed by atoms with E-state index in [9.17, 15) is 8.42 Å². The van der Waals surface area contributed by atoms with Crippen LogP contribution in [0.2, 0.25) is 0 Å². The standard InChI is InChI=1S/C17H18N2O2S3/c1-3-22-17-19-15-9-8-14(10-16(15)23-17)24(20,21)18-11-13-6-4-12(2)5-7-13/h4-10,18H,3,11H2,1-2H3. The first-order valence-electron chi connectivity index (χ1n) is 7.56. The molecule has 1 heterocycles. The van der Waals surface area contributed by atoms with Crippen molar-refractivity contribution >= 4 is 43.3 Å². The van der Waals surface area contributed by atoms with Gasteiger partial charge in [-0.25, -0.2) is 18.1 Å². The first-order valence-corrected chi connectivity index (χ1v) is 10.8. The van der Waals surface area contributed by atoms with E-state index in [1.165, 1.54) is 11.3 Å². The van der Waals surface area contributed by atoms with Crippen LogP contribution in [0, 0.1) is 6.92 Å². The smallest absolute Gasteiger partial charge is 0.230 e. The number of hydrogen-bond donors (Lipinski definition) is 1. The number of aryl methyl sites for hydroxylation is 1. The zero-order chi connectivity index (χ0) is 17.2. The van der Waals surface area contributed by atoms with Gasteiger partial charge < -0.3 is 0 Å². The van der Waals surface area contributed by atoms with Crippen LogP contribution in [-0.4, -0.2) is 19.2 Å². The first kappa shape index (κ1) is 17.4. The number of thiazole rings is 1.